The summed E-state index contributed by atoms with van der Waals surface area (Å²) in [4.78, 5) is 4.50. The number of hydrogen-bond acceptors (Lipinski definition) is 1. The Morgan fingerprint density at radius 3 is 3.06 bits per heavy atom. The lowest BCUT2D eigenvalue weighted by molar-refractivity contribution is 0.155. The van der Waals surface area contributed by atoms with Crippen molar-refractivity contribution >= 4 is 11.0 Å². The van der Waals surface area contributed by atoms with E-state index in [1.165, 1.54) is 23.9 Å². The Morgan fingerprint density at radius 1 is 1.47 bits per heavy atom. The number of aromatic nitrogens is 2. The van der Waals surface area contributed by atoms with Crippen molar-refractivity contribution in [2.45, 2.75) is 33.2 Å². The second kappa shape index (κ2) is 2.92. The maximum absolute atomic E-state index is 4.50. The van der Waals surface area contributed by atoms with Crippen LogP contribution in [0.1, 0.15) is 25.3 Å². The van der Waals surface area contributed by atoms with Crippen molar-refractivity contribution in [3.05, 3.63) is 30.1 Å². The quantitative estimate of drug-likeness (QED) is 0.767. The predicted molar refractivity (Wildman–Crippen MR) is 68.8 cm³/mol. The summed E-state index contributed by atoms with van der Waals surface area (Å²) in [7, 11) is 0. The van der Waals surface area contributed by atoms with Gasteiger partial charge in [-0.15, -0.1) is 0 Å². The van der Waals surface area contributed by atoms with Gasteiger partial charge in [0.05, 0.1) is 17.4 Å². The summed E-state index contributed by atoms with van der Waals surface area (Å²) in [5.74, 6) is 1.93. The average Bonchev–Trinajstić information content (AvgIpc) is 2.70. The van der Waals surface area contributed by atoms with Crippen LogP contribution in [0, 0.1) is 24.2 Å². The Bertz CT molecular complexity index is 598. The number of hydrogen-bond donors (Lipinski definition) is 0. The minimum atomic E-state index is 0.681. The number of aryl methyl sites for hydroxylation is 1. The monoisotopic (exact) mass is 226 g/mol. The zero-order chi connectivity index (χ0) is 11.6. The third kappa shape index (κ3) is 1.24. The molecule has 1 aromatic carbocycles. The maximum Gasteiger partial charge on any atom is 0.0958 e. The predicted octanol–water partition coefficient (Wildman–Crippen LogP) is 3.39. The fraction of sp³-hybridized carbons (Fsp3) is 0.533. The van der Waals surface area contributed by atoms with Gasteiger partial charge in [0.1, 0.15) is 0 Å². The molecule has 2 aliphatic carbocycles. The number of rotatable bonds is 2. The third-order valence-electron chi connectivity index (χ3n) is 5.15. The highest BCUT2D eigenvalue weighted by atomic mass is 15.1. The summed E-state index contributed by atoms with van der Waals surface area (Å²) in [6.07, 6.45) is 4.91. The molecule has 88 valence electrons. The van der Waals surface area contributed by atoms with Crippen molar-refractivity contribution in [3.63, 3.8) is 0 Å². The van der Waals surface area contributed by atoms with E-state index in [2.05, 4.69) is 41.6 Å². The summed E-state index contributed by atoms with van der Waals surface area (Å²) in [6, 6.07) is 6.53. The van der Waals surface area contributed by atoms with E-state index in [1.807, 2.05) is 6.33 Å². The van der Waals surface area contributed by atoms with Crippen LogP contribution < -0.4 is 0 Å². The Morgan fingerprint density at radius 2 is 2.35 bits per heavy atom. The molecule has 2 fully saturated rings. The molecule has 0 bridgehead atoms. The molecule has 3 unspecified atom stereocenters. The van der Waals surface area contributed by atoms with E-state index in [4.69, 9.17) is 0 Å². The molecule has 4 rings (SSSR count). The van der Waals surface area contributed by atoms with Crippen molar-refractivity contribution in [2.24, 2.45) is 17.3 Å². The molecular weight excluding hydrogens is 208 g/mol. The number of fused-ring (bicyclic) bond motifs is 2. The molecule has 2 aromatic rings. The lowest BCUT2D eigenvalue weighted by Crippen LogP contribution is -2.29. The number of imidazole rings is 1. The average molecular weight is 226 g/mol. The summed E-state index contributed by atoms with van der Waals surface area (Å²) in [5.41, 5.74) is 4.44. The molecular formula is C15H18N2. The van der Waals surface area contributed by atoms with Crippen LogP contribution in [0.4, 0.5) is 0 Å². The minimum absolute atomic E-state index is 0.681. The van der Waals surface area contributed by atoms with Gasteiger partial charge in [0.2, 0.25) is 0 Å². The van der Waals surface area contributed by atoms with Gasteiger partial charge in [-0.05, 0) is 54.7 Å². The fourth-order valence-corrected chi connectivity index (χ4v) is 3.61. The topological polar surface area (TPSA) is 17.8 Å². The van der Waals surface area contributed by atoms with Crippen LogP contribution in [0.3, 0.4) is 0 Å². The molecule has 1 heterocycles. The molecule has 2 nitrogen and oxygen atoms in total. The van der Waals surface area contributed by atoms with E-state index >= 15 is 0 Å². The highest BCUT2D eigenvalue weighted by molar-refractivity contribution is 5.76. The van der Waals surface area contributed by atoms with E-state index < -0.39 is 0 Å². The summed E-state index contributed by atoms with van der Waals surface area (Å²) in [5, 5.41) is 0. The Kier molecular flexibility index (Phi) is 1.67. The lowest BCUT2D eigenvalue weighted by atomic mass is 9.74. The van der Waals surface area contributed by atoms with Crippen LogP contribution in [-0.4, -0.2) is 9.55 Å². The van der Waals surface area contributed by atoms with Gasteiger partial charge in [-0.25, -0.2) is 4.98 Å². The zero-order valence-corrected chi connectivity index (χ0v) is 10.5. The zero-order valence-electron chi connectivity index (χ0n) is 10.5. The molecule has 2 heteroatoms. The molecule has 0 spiro atoms. The smallest absolute Gasteiger partial charge is 0.0958 e. The second-order valence-corrected chi connectivity index (χ2v) is 6.23. The number of benzene rings is 1. The Labute approximate surface area is 102 Å². The number of nitrogens with zero attached hydrogens (tertiary/aromatic N) is 2. The molecule has 17 heavy (non-hydrogen) atoms. The highest BCUT2D eigenvalue weighted by Gasteiger charge is 2.63. The normalized spacial score (nSPS) is 34.5. The van der Waals surface area contributed by atoms with Crippen LogP contribution in [0.2, 0.25) is 0 Å². The van der Waals surface area contributed by atoms with E-state index in [0.717, 1.165) is 23.9 Å². The third-order valence-corrected chi connectivity index (χ3v) is 5.15. The van der Waals surface area contributed by atoms with Crippen molar-refractivity contribution < 1.29 is 0 Å². The van der Waals surface area contributed by atoms with Gasteiger partial charge in [0.25, 0.3) is 0 Å². The van der Waals surface area contributed by atoms with Crippen LogP contribution in [0.5, 0.6) is 0 Å². The SMILES string of the molecule is Cc1ccc2ncn(CC3CC4CC34C)c2c1. The van der Waals surface area contributed by atoms with Gasteiger partial charge in [0.15, 0.2) is 0 Å². The molecule has 2 saturated carbocycles. The van der Waals surface area contributed by atoms with Crippen LogP contribution >= 0.6 is 0 Å². The highest BCUT2D eigenvalue weighted by Crippen LogP contribution is 2.71. The van der Waals surface area contributed by atoms with Gasteiger partial charge in [-0.3, -0.25) is 0 Å². The largest absolute Gasteiger partial charge is 0.330 e. The molecule has 3 atom stereocenters. The minimum Gasteiger partial charge on any atom is -0.330 e. The first-order chi connectivity index (χ1) is 8.17. The Hall–Kier alpha value is -1.31. The second-order valence-electron chi connectivity index (χ2n) is 6.23. The molecule has 2 aliphatic rings. The summed E-state index contributed by atoms with van der Waals surface area (Å²) in [6.45, 7) is 5.77. The molecule has 0 N–H and O–H groups in total. The van der Waals surface area contributed by atoms with Gasteiger partial charge < -0.3 is 4.57 Å². The molecule has 0 saturated heterocycles. The lowest BCUT2D eigenvalue weighted by Gasteiger charge is -2.34. The van der Waals surface area contributed by atoms with Crippen molar-refractivity contribution in [1.82, 2.24) is 9.55 Å². The molecule has 0 amide bonds. The first-order valence-corrected chi connectivity index (χ1v) is 6.58. The van der Waals surface area contributed by atoms with Gasteiger partial charge in [-0.1, -0.05) is 13.0 Å². The van der Waals surface area contributed by atoms with Gasteiger partial charge in [-0.2, -0.15) is 0 Å². The van der Waals surface area contributed by atoms with Crippen LogP contribution in [0.25, 0.3) is 11.0 Å². The van der Waals surface area contributed by atoms with E-state index in [9.17, 15) is 0 Å². The maximum atomic E-state index is 4.50. The summed E-state index contributed by atoms with van der Waals surface area (Å²) >= 11 is 0. The van der Waals surface area contributed by atoms with Crippen molar-refractivity contribution in [1.29, 1.82) is 0 Å². The van der Waals surface area contributed by atoms with Crippen molar-refractivity contribution in [3.8, 4) is 0 Å². The molecule has 1 aromatic heterocycles. The molecule has 0 radical (unpaired) electrons. The van der Waals surface area contributed by atoms with Crippen molar-refractivity contribution in [2.75, 3.05) is 0 Å². The van der Waals surface area contributed by atoms with Gasteiger partial charge in [0, 0.05) is 6.54 Å². The van der Waals surface area contributed by atoms with Crippen LogP contribution in [0.15, 0.2) is 24.5 Å². The van der Waals surface area contributed by atoms with E-state index in [-0.39, 0.29) is 0 Å². The standard InChI is InChI=1S/C15H18N2/c1-10-3-4-13-14(5-10)17(9-16-13)8-12-6-11-7-15(11,12)2/h3-5,9,11-12H,6-8H2,1-2H3. The summed E-state index contributed by atoms with van der Waals surface area (Å²) < 4.78 is 2.35. The Balaban J connectivity index is 1.69. The first kappa shape index (κ1) is 9.69. The van der Waals surface area contributed by atoms with E-state index in [0.29, 0.717) is 5.41 Å². The molecule has 0 aliphatic heterocycles. The van der Waals surface area contributed by atoms with Gasteiger partial charge >= 0.3 is 0 Å². The first-order valence-electron chi connectivity index (χ1n) is 6.58. The fourth-order valence-electron chi connectivity index (χ4n) is 3.61. The van der Waals surface area contributed by atoms with Crippen LogP contribution in [-0.2, 0) is 6.54 Å². The van der Waals surface area contributed by atoms with E-state index in [1.54, 1.807) is 0 Å².